The van der Waals surface area contributed by atoms with Gasteiger partial charge in [0.2, 0.25) is 0 Å². The Bertz CT molecular complexity index is 700. The van der Waals surface area contributed by atoms with E-state index in [1.54, 1.807) is 39.2 Å². The summed E-state index contributed by atoms with van der Waals surface area (Å²) in [5.41, 5.74) is 2.47. The zero-order chi connectivity index (χ0) is 19.3. The second kappa shape index (κ2) is 9.35. The van der Waals surface area contributed by atoms with Gasteiger partial charge in [-0.25, -0.2) is 0 Å². The lowest BCUT2D eigenvalue weighted by atomic mass is 10.00. The third-order valence-electron chi connectivity index (χ3n) is 4.26. The number of rotatable bonds is 8. The van der Waals surface area contributed by atoms with Gasteiger partial charge < -0.3 is 24.8 Å². The molecule has 0 saturated carbocycles. The zero-order valence-electron chi connectivity index (χ0n) is 15.1. The second-order valence-electron chi connectivity index (χ2n) is 6.29. The number of halogens is 1. The van der Waals surface area contributed by atoms with Crippen LogP contribution in [0.1, 0.15) is 36.6 Å². The van der Waals surface area contributed by atoms with Gasteiger partial charge in [-0.05, 0) is 55.2 Å². The molecule has 0 heterocycles. The summed E-state index contributed by atoms with van der Waals surface area (Å²) >= 11 is 6.31. The van der Waals surface area contributed by atoms with Crippen LogP contribution in [0.15, 0.2) is 42.5 Å². The van der Waals surface area contributed by atoms with E-state index < -0.39 is 24.6 Å². The van der Waals surface area contributed by atoms with Gasteiger partial charge >= 0.3 is 0 Å². The molecule has 142 valence electrons. The van der Waals surface area contributed by atoms with Crippen molar-refractivity contribution < 1.29 is 24.8 Å². The average molecular weight is 381 g/mol. The van der Waals surface area contributed by atoms with Gasteiger partial charge in [0, 0.05) is 5.02 Å². The minimum atomic E-state index is -1.72. The predicted molar refractivity (Wildman–Crippen MR) is 100 cm³/mol. The van der Waals surface area contributed by atoms with Gasteiger partial charge in [0.15, 0.2) is 6.29 Å². The summed E-state index contributed by atoms with van der Waals surface area (Å²) in [6.07, 6.45) is -3.40. The largest absolute Gasteiger partial charge is 0.497 e. The van der Waals surface area contributed by atoms with Gasteiger partial charge in [0.05, 0.1) is 19.3 Å². The molecule has 2 aromatic carbocycles. The minimum Gasteiger partial charge on any atom is -0.497 e. The molecule has 0 spiro atoms. The highest BCUT2D eigenvalue weighted by Gasteiger charge is 2.25. The molecule has 3 unspecified atom stereocenters. The summed E-state index contributed by atoms with van der Waals surface area (Å²) in [5.74, 6) is 0.776. The first-order valence-electron chi connectivity index (χ1n) is 8.42. The summed E-state index contributed by atoms with van der Waals surface area (Å²) in [6, 6.07) is 12.9. The van der Waals surface area contributed by atoms with Crippen LogP contribution < -0.4 is 4.74 Å². The summed E-state index contributed by atoms with van der Waals surface area (Å²) in [4.78, 5) is 0. The molecule has 3 N–H and O–H groups in total. The first kappa shape index (κ1) is 20.7. The van der Waals surface area contributed by atoms with E-state index in [2.05, 4.69) is 0 Å². The molecule has 5 nitrogen and oxygen atoms in total. The molecule has 0 radical (unpaired) electrons. The van der Waals surface area contributed by atoms with Crippen LogP contribution in [0.2, 0.25) is 5.02 Å². The van der Waals surface area contributed by atoms with Gasteiger partial charge in [-0.1, -0.05) is 35.9 Å². The molecule has 3 atom stereocenters. The van der Waals surface area contributed by atoms with Crippen LogP contribution in [0.3, 0.4) is 0 Å². The monoisotopic (exact) mass is 380 g/mol. The molecule has 26 heavy (non-hydrogen) atoms. The number of hydrogen-bond acceptors (Lipinski definition) is 5. The van der Waals surface area contributed by atoms with Crippen molar-refractivity contribution in [3.05, 3.63) is 64.2 Å². The number of benzene rings is 2. The van der Waals surface area contributed by atoms with Gasteiger partial charge in [0.25, 0.3) is 0 Å². The number of ether oxygens (including phenoxy) is 2. The summed E-state index contributed by atoms with van der Waals surface area (Å²) in [6.45, 7) is 3.26. The molecule has 2 aromatic rings. The van der Waals surface area contributed by atoms with Crippen LogP contribution in [0, 0.1) is 0 Å². The van der Waals surface area contributed by atoms with E-state index in [0.29, 0.717) is 17.0 Å². The van der Waals surface area contributed by atoms with Crippen LogP contribution in [-0.4, -0.2) is 40.9 Å². The van der Waals surface area contributed by atoms with Gasteiger partial charge in [-0.15, -0.1) is 0 Å². The lowest BCUT2D eigenvalue weighted by molar-refractivity contribution is -0.178. The SMILES string of the molecule is COc1ccc(Cc2cc(C(OC(C)C(C)O)C(O)O)ccc2Cl)cc1. The molecule has 0 aliphatic heterocycles. The van der Waals surface area contributed by atoms with E-state index in [4.69, 9.17) is 21.1 Å². The lowest BCUT2D eigenvalue weighted by Crippen LogP contribution is -2.30. The number of aliphatic hydroxyl groups is 3. The van der Waals surface area contributed by atoms with Crippen LogP contribution in [0.5, 0.6) is 5.75 Å². The van der Waals surface area contributed by atoms with Crippen molar-refractivity contribution >= 4 is 11.6 Å². The fourth-order valence-corrected chi connectivity index (χ4v) is 2.72. The summed E-state index contributed by atoms with van der Waals surface area (Å²) in [7, 11) is 1.61. The normalized spacial score (nSPS) is 14.9. The number of aliphatic hydroxyl groups excluding tert-OH is 2. The molecule has 0 saturated heterocycles. The molecule has 2 rings (SSSR count). The highest BCUT2D eigenvalue weighted by molar-refractivity contribution is 6.31. The van der Waals surface area contributed by atoms with Crippen molar-refractivity contribution in [2.24, 2.45) is 0 Å². The molecule has 0 amide bonds. The maximum Gasteiger partial charge on any atom is 0.182 e. The van der Waals surface area contributed by atoms with Crippen LogP contribution >= 0.6 is 11.6 Å². The van der Waals surface area contributed by atoms with Crippen LogP contribution in [-0.2, 0) is 11.2 Å². The third-order valence-corrected chi connectivity index (χ3v) is 4.63. The molecule has 0 bridgehead atoms. The Balaban J connectivity index is 2.25. The Morgan fingerprint density at radius 2 is 1.65 bits per heavy atom. The van der Waals surface area contributed by atoms with Crippen LogP contribution in [0.25, 0.3) is 0 Å². The molecular formula is C20H25ClO5. The van der Waals surface area contributed by atoms with Crippen molar-refractivity contribution in [1.82, 2.24) is 0 Å². The molecular weight excluding hydrogens is 356 g/mol. The Morgan fingerprint density at radius 3 is 2.19 bits per heavy atom. The highest BCUT2D eigenvalue weighted by Crippen LogP contribution is 2.29. The van der Waals surface area contributed by atoms with E-state index in [1.807, 2.05) is 24.3 Å². The van der Waals surface area contributed by atoms with Crippen molar-refractivity contribution in [3.63, 3.8) is 0 Å². The lowest BCUT2D eigenvalue weighted by Gasteiger charge is -2.26. The van der Waals surface area contributed by atoms with Crippen molar-refractivity contribution in [2.45, 2.75) is 44.9 Å². The maximum atomic E-state index is 9.71. The molecule has 6 heteroatoms. The van der Waals surface area contributed by atoms with Gasteiger partial charge in [-0.3, -0.25) is 0 Å². The number of hydrogen-bond donors (Lipinski definition) is 3. The fraction of sp³-hybridized carbons (Fsp3) is 0.400. The van der Waals surface area contributed by atoms with Gasteiger partial charge in [0.1, 0.15) is 11.9 Å². The van der Waals surface area contributed by atoms with Crippen LogP contribution in [0.4, 0.5) is 0 Å². The smallest absolute Gasteiger partial charge is 0.182 e. The number of methoxy groups -OCH3 is 1. The molecule has 0 aliphatic rings. The minimum absolute atomic E-state index is 0.553. The predicted octanol–water partition coefficient (Wildman–Crippen LogP) is 3.08. The third kappa shape index (κ3) is 5.43. The Kier molecular flexibility index (Phi) is 7.43. The van der Waals surface area contributed by atoms with Crippen molar-refractivity contribution in [2.75, 3.05) is 7.11 Å². The standard InChI is InChI=1S/C20H25ClO5/c1-12(22)13(2)26-19(20(23)24)15-6-9-18(21)16(11-15)10-14-4-7-17(25-3)8-5-14/h4-9,11-13,19-20,22-24H,10H2,1-3H3. The van der Waals surface area contributed by atoms with E-state index in [1.165, 1.54) is 0 Å². The zero-order valence-corrected chi connectivity index (χ0v) is 15.8. The van der Waals surface area contributed by atoms with E-state index in [9.17, 15) is 15.3 Å². The van der Waals surface area contributed by atoms with E-state index in [-0.39, 0.29) is 0 Å². The van der Waals surface area contributed by atoms with E-state index >= 15 is 0 Å². The first-order valence-corrected chi connectivity index (χ1v) is 8.80. The molecule has 0 aromatic heterocycles. The van der Waals surface area contributed by atoms with Gasteiger partial charge in [-0.2, -0.15) is 0 Å². The molecule has 0 aliphatic carbocycles. The Hall–Kier alpha value is -1.63. The Morgan fingerprint density at radius 1 is 1.00 bits per heavy atom. The quantitative estimate of drug-likeness (QED) is 0.613. The summed E-state index contributed by atoms with van der Waals surface area (Å²) in [5, 5.41) is 29.6. The maximum absolute atomic E-state index is 9.71. The van der Waals surface area contributed by atoms with Crippen molar-refractivity contribution in [3.8, 4) is 5.75 Å². The average Bonchev–Trinajstić information content (AvgIpc) is 2.61. The van der Waals surface area contributed by atoms with Crippen molar-refractivity contribution in [1.29, 1.82) is 0 Å². The first-order chi connectivity index (χ1) is 12.3. The topological polar surface area (TPSA) is 79.2 Å². The Labute approximate surface area is 158 Å². The molecule has 0 fully saturated rings. The second-order valence-corrected chi connectivity index (χ2v) is 6.70. The van der Waals surface area contributed by atoms with E-state index in [0.717, 1.165) is 16.9 Å². The summed E-state index contributed by atoms with van der Waals surface area (Å²) < 4.78 is 10.8. The highest BCUT2D eigenvalue weighted by atomic mass is 35.5. The fourth-order valence-electron chi connectivity index (χ4n) is 2.54.